The van der Waals surface area contributed by atoms with Gasteiger partial charge in [-0.25, -0.2) is 0 Å². The summed E-state index contributed by atoms with van der Waals surface area (Å²) in [7, 11) is 0. The summed E-state index contributed by atoms with van der Waals surface area (Å²) in [5.41, 5.74) is 5.74. The third kappa shape index (κ3) is 5.29. The molecular weight excluding hydrogens is 272 g/mol. The van der Waals surface area contributed by atoms with Gasteiger partial charge in [-0.3, -0.25) is 10.1 Å². The highest BCUT2D eigenvalue weighted by Gasteiger charge is 2.18. The molecule has 0 saturated heterocycles. The van der Waals surface area contributed by atoms with Crippen LogP contribution in [0.3, 0.4) is 0 Å². The summed E-state index contributed by atoms with van der Waals surface area (Å²) < 4.78 is 0. The van der Waals surface area contributed by atoms with Gasteiger partial charge in [0.25, 0.3) is 0 Å². The first-order chi connectivity index (χ1) is 7.90. The topological polar surface area (TPSA) is 80.9 Å². The fourth-order valence-electron chi connectivity index (χ4n) is 1.23. The largest absolute Gasteiger partial charge is 0.320 e. The highest BCUT2D eigenvalue weighted by Crippen LogP contribution is 2.18. The van der Waals surface area contributed by atoms with Crippen molar-refractivity contribution in [3.05, 3.63) is 5.01 Å². The number of nitrogens with one attached hydrogen (secondary N) is 1. The highest BCUT2D eigenvalue weighted by atomic mass is 35.5. The minimum atomic E-state index is -0.507. The first-order valence-corrected chi connectivity index (χ1v) is 6.60. The molecule has 1 heterocycles. The molecule has 3 N–H and O–H groups in total. The zero-order chi connectivity index (χ0) is 13.0. The Bertz CT molecular complexity index is 381. The SMILES string of the molecule is CC(C)Cc1nnc(NC(=O)C(N)C(C)C)s1.Cl. The molecule has 0 bridgehead atoms. The molecule has 1 unspecified atom stereocenters. The van der Waals surface area contributed by atoms with Crippen LogP contribution in [-0.4, -0.2) is 22.1 Å². The van der Waals surface area contributed by atoms with E-state index in [9.17, 15) is 4.79 Å². The van der Waals surface area contributed by atoms with Crippen molar-refractivity contribution in [1.29, 1.82) is 0 Å². The summed E-state index contributed by atoms with van der Waals surface area (Å²) >= 11 is 1.41. The smallest absolute Gasteiger partial charge is 0.243 e. The first kappa shape index (κ1) is 17.3. The van der Waals surface area contributed by atoms with Crippen LogP contribution in [0, 0.1) is 11.8 Å². The van der Waals surface area contributed by atoms with Crippen LogP contribution in [-0.2, 0) is 11.2 Å². The van der Waals surface area contributed by atoms with Gasteiger partial charge in [0.05, 0.1) is 6.04 Å². The van der Waals surface area contributed by atoms with Gasteiger partial charge >= 0.3 is 0 Å². The number of carbonyl (C=O) groups excluding carboxylic acids is 1. The van der Waals surface area contributed by atoms with Crippen LogP contribution >= 0.6 is 23.7 Å². The van der Waals surface area contributed by atoms with Crippen molar-refractivity contribution in [3.8, 4) is 0 Å². The number of carbonyl (C=O) groups is 1. The van der Waals surface area contributed by atoms with E-state index in [2.05, 4.69) is 29.4 Å². The number of hydrogen-bond acceptors (Lipinski definition) is 5. The van der Waals surface area contributed by atoms with Crippen LogP contribution in [0.25, 0.3) is 0 Å². The number of hydrogen-bond donors (Lipinski definition) is 2. The molecule has 0 aliphatic rings. The van der Waals surface area contributed by atoms with Crippen molar-refractivity contribution in [2.24, 2.45) is 17.6 Å². The van der Waals surface area contributed by atoms with Gasteiger partial charge in [-0.15, -0.1) is 22.6 Å². The number of nitrogens with two attached hydrogens (primary N) is 1. The molecule has 0 fully saturated rings. The van der Waals surface area contributed by atoms with E-state index in [0.717, 1.165) is 11.4 Å². The zero-order valence-corrected chi connectivity index (χ0v) is 12.8. The van der Waals surface area contributed by atoms with E-state index in [-0.39, 0.29) is 24.2 Å². The predicted octanol–water partition coefficient (Wildman–Crippen LogP) is 2.08. The fraction of sp³-hybridized carbons (Fsp3) is 0.727. The fourth-order valence-corrected chi connectivity index (χ4v) is 2.18. The molecule has 1 atom stereocenters. The van der Waals surface area contributed by atoms with Crippen LogP contribution in [0.5, 0.6) is 0 Å². The van der Waals surface area contributed by atoms with Gasteiger partial charge in [-0.05, 0) is 11.8 Å². The Morgan fingerprint density at radius 3 is 2.44 bits per heavy atom. The van der Waals surface area contributed by atoms with E-state index in [1.165, 1.54) is 11.3 Å². The van der Waals surface area contributed by atoms with E-state index >= 15 is 0 Å². The van der Waals surface area contributed by atoms with Crippen LogP contribution in [0.1, 0.15) is 32.7 Å². The predicted molar refractivity (Wildman–Crippen MR) is 77.1 cm³/mol. The zero-order valence-electron chi connectivity index (χ0n) is 11.1. The van der Waals surface area contributed by atoms with Crippen molar-refractivity contribution in [2.45, 2.75) is 40.2 Å². The molecule has 1 aromatic heterocycles. The number of amides is 1. The standard InChI is InChI=1S/C11H20N4OS.ClH/c1-6(2)5-8-14-15-11(17-8)13-10(16)9(12)7(3)4;/h6-7,9H,5,12H2,1-4H3,(H,13,15,16);1H. The van der Waals surface area contributed by atoms with Gasteiger partial charge < -0.3 is 5.73 Å². The lowest BCUT2D eigenvalue weighted by molar-refractivity contribution is -0.118. The van der Waals surface area contributed by atoms with Crippen molar-refractivity contribution in [3.63, 3.8) is 0 Å². The molecule has 1 amide bonds. The van der Waals surface area contributed by atoms with Gasteiger partial charge in [-0.2, -0.15) is 0 Å². The molecule has 104 valence electrons. The Morgan fingerprint density at radius 1 is 1.33 bits per heavy atom. The molecule has 0 radical (unpaired) electrons. The summed E-state index contributed by atoms with van der Waals surface area (Å²) in [6.07, 6.45) is 0.879. The van der Waals surface area contributed by atoms with Crippen LogP contribution in [0.2, 0.25) is 0 Å². The van der Waals surface area contributed by atoms with Crippen molar-refractivity contribution in [2.75, 3.05) is 5.32 Å². The minimum absolute atomic E-state index is 0. The van der Waals surface area contributed by atoms with E-state index in [0.29, 0.717) is 11.0 Å². The average molecular weight is 293 g/mol. The third-order valence-corrected chi connectivity index (χ3v) is 3.16. The summed E-state index contributed by atoms with van der Waals surface area (Å²) in [5, 5.41) is 12.1. The average Bonchev–Trinajstić information content (AvgIpc) is 2.63. The maximum atomic E-state index is 11.7. The Labute approximate surface area is 118 Å². The summed E-state index contributed by atoms with van der Waals surface area (Å²) in [6.45, 7) is 8.06. The number of nitrogens with zero attached hydrogens (tertiary/aromatic N) is 2. The van der Waals surface area contributed by atoms with Gasteiger partial charge in [0, 0.05) is 6.42 Å². The van der Waals surface area contributed by atoms with Crippen LogP contribution < -0.4 is 11.1 Å². The van der Waals surface area contributed by atoms with Gasteiger partial charge in [0.2, 0.25) is 11.0 Å². The molecule has 0 spiro atoms. The molecular formula is C11H21ClN4OS. The Kier molecular flexibility index (Phi) is 7.35. The molecule has 0 aliphatic heterocycles. The summed E-state index contributed by atoms with van der Waals surface area (Å²) in [4.78, 5) is 11.7. The van der Waals surface area contributed by atoms with Crippen LogP contribution in [0.15, 0.2) is 0 Å². The highest BCUT2D eigenvalue weighted by molar-refractivity contribution is 7.15. The monoisotopic (exact) mass is 292 g/mol. The Hall–Kier alpha value is -0.720. The number of aromatic nitrogens is 2. The summed E-state index contributed by atoms with van der Waals surface area (Å²) in [5.74, 6) is 0.440. The van der Waals surface area contributed by atoms with Gasteiger partial charge in [0.1, 0.15) is 5.01 Å². The second-order valence-corrected chi connectivity index (χ2v) is 5.92. The molecule has 1 aromatic rings. The molecule has 1 rings (SSSR count). The van der Waals surface area contributed by atoms with Gasteiger partial charge in [0.15, 0.2) is 0 Å². The van der Waals surface area contributed by atoms with Crippen molar-refractivity contribution < 1.29 is 4.79 Å². The molecule has 0 aromatic carbocycles. The van der Waals surface area contributed by atoms with E-state index in [1.807, 2.05) is 13.8 Å². The number of halogens is 1. The van der Waals surface area contributed by atoms with Crippen LogP contribution in [0.4, 0.5) is 5.13 Å². The number of anilines is 1. The van der Waals surface area contributed by atoms with Crippen molar-refractivity contribution in [1.82, 2.24) is 10.2 Å². The maximum absolute atomic E-state index is 11.7. The Morgan fingerprint density at radius 2 is 1.94 bits per heavy atom. The first-order valence-electron chi connectivity index (χ1n) is 5.79. The molecule has 0 aliphatic carbocycles. The normalized spacial score (nSPS) is 12.4. The molecule has 7 heteroatoms. The van der Waals surface area contributed by atoms with Crippen molar-refractivity contribution >= 4 is 34.8 Å². The molecule has 5 nitrogen and oxygen atoms in total. The van der Waals surface area contributed by atoms with E-state index < -0.39 is 6.04 Å². The third-order valence-electron chi connectivity index (χ3n) is 2.30. The number of rotatable bonds is 5. The van der Waals surface area contributed by atoms with Gasteiger partial charge in [-0.1, -0.05) is 39.0 Å². The van der Waals surface area contributed by atoms with E-state index in [4.69, 9.17) is 5.73 Å². The quantitative estimate of drug-likeness (QED) is 0.870. The molecule has 18 heavy (non-hydrogen) atoms. The lowest BCUT2D eigenvalue weighted by atomic mass is 10.1. The lowest BCUT2D eigenvalue weighted by Gasteiger charge is -2.13. The second-order valence-electron chi connectivity index (χ2n) is 4.86. The minimum Gasteiger partial charge on any atom is -0.320 e. The van der Waals surface area contributed by atoms with E-state index in [1.54, 1.807) is 0 Å². The molecule has 0 saturated carbocycles. The lowest BCUT2D eigenvalue weighted by Crippen LogP contribution is -2.39. The Balaban J connectivity index is 0.00000289. The second kappa shape index (κ2) is 7.66. The summed E-state index contributed by atoms with van der Waals surface area (Å²) in [6, 6.07) is -0.507. The maximum Gasteiger partial charge on any atom is 0.243 e.